The van der Waals surface area contributed by atoms with E-state index in [1.165, 1.54) is 5.69 Å². The van der Waals surface area contributed by atoms with Crippen LogP contribution in [0.15, 0.2) is 30.3 Å². The van der Waals surface area contributed by atoms with Crippen LogP contribution in [-0.4, -0.2) is 55.5 Å². The van der Waals surface area contributed by atoms with E-state index in [0.717, 1.165) is 19.5 Å². The van der Waals surface area contributed by atoms with E-state index in [-0.39, 0.29) is 30.8 Å². The zero-order chi connectivity index (χ0) is 16.7. The normalized spacial score (nSPS) is 15.4. The molecule has 1 aliphatic heterocycles. The molecule has 1 fully saturated rings. The Hall–Kier alpha value is -1.79. The molecule has 1 atom stereocenters. The first-order valence-electron chi connectivity index (χ1n) is 8.23. The number of carbonyl (C=O) groups excluding carboxylic acids is 2. The number of hydrogen-bond donors (Lipinski definition) is 2. The second-order valence-corrected chi connectivity index (χ2v) is 5.82. The number of amides is 2. The van der Waals surface area contributed by atoms with E-state index in [0.29, 0.717) is 19.5 Å². The van der Waals surface area contributed by atoms with Gasteiger partial charge < -0.3 is 20.9 Å². The van der Waals surface area contributed by atoms with E-state index in [2.05, 4.69) is 22.3 Å². The molecule has 0 radical (unpaired) electrons. The molecule has 0 aromatic heterocycles. The quantitative estimate of drug-likeness (QED) is 0.799. The number of benzene rings is 1. The van der Waals surface area contributed by atoms with Crippen LogP contribution >= 0.6 is 12.4 Å². The Labute approximate surface area is 149 Å². The number of piperazine rings is 1. The Bertz CT molecular complexity index is 519. The van der Waals surface area contributed by atoms with Crippen molar-refractivity contribution in [1.82, 2.24) is 10.2 Å². The molecule has 7 heteroatoms. The first-order chi connectivity index (χ1) is 11.1. The number of hydrogen-bond acceptors (Lipinski definition) is 4. The highest BCUT2D eigenvalue weighted by Gasteiger charge is 2.22. The maximum atomic E-state index is 12.2. The van der Waals surface area contributed by atoms with Crippen molar-refractivity contribution in [2.24, 2.45) is 5.73 Å². The average molecular weight is 355 g/mol. The highest BCUT2D eigenvalue weighted by atomic mass is 35.5. The van der Waals surface area contributed by atoms with Crippen LogP contribution in [0.3, 0.4) is 0 Å². The lowest BCUT2D eigenvalue weighted by molar-refractivity contribution is -0.133. The van der Waals surface area contributed by atoms with Gasteiger partial charge in [0.25, 0.3) is 0 Å². The molecule has 1 unspecified atom stereocenters. The number of nitrogens with two attached hydrogens (primary N) is 1. The molecule has 0 spiro atoms. The zero-order valence-corrected chi connectivity index (χ0v) is 14.9. The van der Waals surface area contributed by atoms with Crippen molar-refractivity contribution in [2.75, 3.05) is 37.6 Å². The van der Waals surface area contributed by atoms with Gasteiger partial charge in [0.2, 0.25) is 11.8 Å². The summed E-state index contributed by atoms with van der Waals surface area (Å²) in [7, 11) is 0. The summed E-state index contributed by atoms with van der Waals surface area (Å²) in [6.45, 7) is 4.96. The molecule has 24 heavy (non-hydrogen) atoms. The van der Waals surface area contributed by atoms with Crippen LogP contribution in [0.5, 0.6) is 0 Å². The highest BCUT2D eigenvalue weighted by molar-refractivity contribution is 5.87. The summed E-state index contributed by atoms with van der Waals surface area (Å²) in [5, 5.41) is 2.64. The fourth-order valence-electron chi connectivity index (χ4n) is 2.70. The summed E-state index contributed by atoms with van der Waals surface area (Å²) in [6.07, 6.45) is 1.49. The molecule has 1 aliphatic rings. The molecular formula is C17H27ClN4O2. The van der Waals surface area contributed by atoms with Crippen molar-refractivity contribution < 1.29 is 9.59 Å². The third kappa shape index (κ3) is 5.69. The first-order valence-corrected chi connectivity index (χ1v) is 8.23. The molecule has 3 N–H and O–H groups in total. The molecular weight excluding hydrogens is 328 g/mol. The standard InChI is InChI=1S/C17H26N4O2.ClH/c1-2-6-15(18)17(23)19-13-16(22)21-11-9-20(10-12-21)14-7-4-3-5-8-14;/h3-5,7-8,15H,2,6,9-13,18H2,1H3,(H,19,23);1H. The van der Waals surface area contributed by atoms with Gasteiger partial charge in [-0.1, -0.05) is 31.5 Å². The zero-order valence-electron chi connectivity index (χ0n) is 14.1. The van der Waals surface area contributed by atoms with Crippen LogP contribution in [-0.2, 0) is 9.59 Å². The molecule has 0 bridgehead atoms. The molecule has 1 aromatic carbocycles. The first kappa shape index (κ1) is 20.3. The number of nitrogens with one attached hydrogen (secondary N) is 1. The van der Waals surface area contributed by atoms with Gasteiger partial charge in [-0.2, -0.15) is 0 Å². The minimum Gasteiger partial charge on any atom is -0.368 e. The third-order valence-electron chi connectivity index (χ3n) is 4.10. The Morgan fingerprint density at radius 3 is 2.38 bits per heavy atom. The molecule has 2 rings (SSSR count). The van der Waals surface area contributed by atoms with Crippen molar-refractivity contribution in [3.8, 4) is 0 Å². The Morgan fingerprint density at radius 2 is 1.79 bits per heavy atom. The lowest BCUT2D eigenvalue weighted by Gasteiger charge is -2.36. The smallest absolute Gasteiger partial charge is 0.242 e. The van der Waals surface area contributed by atoms with Gasteiger partial charge in [0, 0.05) is 31.9 Å². The third-order valence-corrected chi connectivity index (χ3v) is 4.10. The number of para-hydroxylation sites is 1. The van der Waals surface area contributed by atoms with Crippen molar-refractivity contribution in [3.05, 3.63) is 30.3 Å². The molecule has 0 saturated carbocycles. The van der Waals surface area contributed by atoms with Gasteiger partial charge in [0.05, 0.1) is 12.6 Å². The molecule has 1 saturated heterocycles. The van der Waals surface area contributed by atoms with E-state index >= 15 is 0 Å². The van der Waals surface area contributed by atoms with Gasteiger partial charge in [0.1, 0.15) is 0 Å². The number of carbonyl (C=O) groups is 2. The SMILES string of the molecule is CCCC(N)C(=O)NCC(=O)N1CCN(c2ccccc2)CC1.Cl. The van der Waals surface area contributed by atoms with Crippen LogP contribution in [0.2, 0.25) is 0 Å². The lowest BCUT2D eigenvalue weighted by Crippen LogP contribution is -2.52. The Kier molecular flexibility index (Phi) is 8.57. The molecule has 1 aromatic rings. The fraction of sp³-hybridized carbons (Fsp3) is 0.529. The minimum atomic E-state index is -0.525. The largest absolute Gasteiger partial charge is 0.368 e. The molecule has 2 amide bonds. The Balaban J connectivity index is 0.00000288. The van der Waals surface area contributed by atoms with Crippen molar-refractivity contribution in [2.45, 2.75) is 25.8 Å². The van der Waals surface area contributed by atoms with E-state index in [1.807, 2.05) is 25.1 Å². The van der Waals surface area contributed by atoms with Crippen LogP contribution in [0, 0.1) is 0 Å². The number of rotatable bonds is 6. The van der Waals surface area contributed by atoms with E-state index in [4.69, 9.17) is 5.73 Å². The number of halogens is 1. The van der Waals surface area contributed by atoms with Gasteiger partial charge in [-0.15, -0.1) is 12.4 Å². The number of nitrogens with zero attached hydrogens (tertiary/aromatic N) is 2. The van der Waals surface area contributed by atoms with Gasteiger partial charge in [-0.05, 0) is 18.6 Å². The monoisotopic (exact) mass is 354 g/mol. The summed E-state index contributed by atoms with van der Waals surface area (Å²) in [5.74, 6) is -0.294. The van der Waals surface area contributed by atoms with Gasteiger partial charge in [-0.3, -0.25) is 9.59 Å². The summed E-state index contributed by atoms with van der Waals surface area (Å²) in [5.41, 5.74) is 6.91. The average Bonchev–Trinajstić information content (AvgIpc) is 2.60. The molecule has 1 heterocycles. The predicted octanol–water partition coefficient (Wildman–Crippen LogP) is 1.00. The maximum absolute atomic E-state index is 12.2. The van der Waals surface area contributed by atoms with Crippen LogP contribution in [0.4, 0.5) is 5.69 Å². The minimum absolute atomic E-state index is 0. The Morgan fingerprint density at radius 1 is 1.17 bits per heavy atom. The lowest BCUT2D eigenvalue weighted by atomic mass is 10.2. The summed E-state index contributed by atoms with van der Waals surface area (Å²) in [6, 6.07) is 9.65. The molecule has 6 nitrogen and oxygen atoms in total. The van der Waals surface area contributed by atoms with Crippen LogP contribution < -0.4 is 16.0 Å². The molecule has 0 aliphatic carbocycles. The second-order valence-electron chi connectivity index (χ2n) is 5.82. The van der Waals surface area contributed by atoms with Crippen LogP contribution in [0.25, 0.3) is 0 Å². The molecule has 134 valence electrons. The predicted molar refractivity (Wildman–Crippen MR) is 98.4 cm³/mol. The van der Waals surface area contributed by atoms with Crippen LogP contribution in [0.1, 0.15) is 19.8 Å². The topological polar surface area (TPSA) is 78.7 Å². The number of anilines is 1. The van der Waals surface area contributed by atoms with Gasteiger partial charge in [0.15, 0.2) is 0 Å². The van der Waals surface area contributed by atoms with E-state index in [9.17, 15) is 9.59 Å². The summed E-state index contributed by atoms with van der Waals surface area (Å²) < 4.78 is 0. The van der Waals surface area contributed by atoms with Gasteiger partial charge >= 0.3 is 0 Å². The van der Waals surface area contributed by atoms with E-state index < -0.39 is 6.04 Å². The highest BCUT2D eigenvalue weighted by Crippen LogP contribution is 2.15. The summed E-state index contributed by atoms with van der Waals surface area (Å²) >= 11 is 0. The maximum Gasteiger partial charge on any atom is 0.242 e. The van der Waals surface area contributed by atoms with Gasteiger partial charge in [-0.25, -0.2) is 0 Å². The van der Waals surface area contributed by atoms with Crippen molar-refractivity contribution in [1.29, 1.82) is 0 Å². The van der Waals surface area contributed by atoms with Crippen molar-refractivity contribution >= 4 is 29.9 Å². The van der Waals surface area contributed by atoms with E-state index in [1.54, 1.807) is 4.90 Å². The summed E-state index contributed by atoms with van der Waals surface area (Å²) in [4.78, 5) is 28.0. The van der Waals surface area contributed by atoms with Crippen molar-refractivity contribution in [3.63, 3.8) is 0 Å². The second kappa shape index (κ2) is 10.2. The fourth-order valence-corrected chi connectivity index (χ4v) is 2.70.